The summed E-state index contributed by atoms with van der Waals surface area (Å²) in [4.78, 5) is 17.1. The molecule has 0 aromatic heterocycles. The molecular weight excluding hydrogens is 903 g/mol. The van der Waals surface area contributed by atoms with Gasteiger partial charge in [-0.05, 0) is 31.8 Å². The molecule has 0 radical (unpaired) electrons. The number of hydrogen-bond donors (Lipinski definition) is 0. The van der Waals surface area contributed by atoms with Crippen LogP contribution < -0.4 is 4.90 Å². The van der Waals surface area contributed by atoms with Gasteiger partial charge in [-0.3, -0.25) is 4.79 Å². The summed E-state index contributed by atoms with van der Waals surface area (Å²) in [6, 6.07) is 4.86. The number of nitrogens with zero attached hydrogens (tertiary/aromatic N) is 1. The van der Waals surface area contributed by atoms with Crippen molar-refractivity contribution >= 4 is 43.5 Å². The van der Waals surface area contributed by atoms with E-state index >= 15 is 0 Å². The number of halogens is 25. The number of amides is 1. The molecule has 1 aromatic rings. The number of anilines is 1. The summed E-state index contributed by atoms with van der Waals surface area (Å²) in [5, 5.41) is 0. The Morgan fingerprint density at radius 3 is 1.10 bits per heavy atom. The van der Waals surface area contributed by atoms with Gasteiger partial charge >= 0.3 is 49.0 Å². The quantitative estimate of drug-likeness (QED) is 0.244. The second-order valence-electron chi connectivity index (χ2n) is 8.05. The van der Waals surface area contributed by atoms with Gasteiger partial charge in [-0.1, -0.05) is 31.9 Å². The van der Waals surface area contributed by atoms with Crippen LogP contribution in [0.5, 0.6) is 0 Å². The van der Waals surface area contributed by atoms with Crippen molar-refractivity contribution in [2.75, 3.05) is 11.9 Å². The molecule has 0 unspecified atom stereocenters. The fourth-order valence-corrected chi connectivity index (χ4v) is 3.17. The SMILES string of the molecule is CN(C(=O)CC(F)(F)F)c1cc(Br)cc(Br)c1.FOC(F)(F)C(F)(F)C(F)(F)F.FOC(F)(F)CC(F)(F)F.FOC(F)(F)CC(F)(F)F. The maximum atomic E-state index is 12.1. The number of carbonyl (C=O) groups is 1. The first-order valence-corrected chi connectivity index (χ1v) is 12.3. The van der Waals surface area contributed by atoms with Gasteiger partial charge < -0.3 is 4.90 Å². The van der Waals surface area contributed by atoms with Crippen LogP contribution in [0.15, 0.2) is 27.1 Å². The minimum atomic E-state index is -6.57. The minimum absolute atomic E-state index is 0.389. The molecule has 0 bridgehead atoms. The van der Waals surface area contributed by atoms with E-state index in [2.05, 4.69) is 31.9 Å². The van der Waals surface area contributed by atoms with Crippen LogP contribution >= 0.6 is 31.9 Å². The lowest BCUT2D eigenvalue weighted by molar-refractivity contribution is -0.471. The van der Waals surface area contributed by atoms with E-state index in [0.29, 0.717) is 14.6 Å². The highest BCUT2D eigenvalue weighted by Crippen LogP contribution is 2.47. The Morgan fingerprint density at radius 2 is 0.918 bits per heavy atom. The van der Waals surface area contributed by atoms with Gasteiger partial charge in [-0.15, -0.1) is 14.8 Å². The van der Waals surface area contributed by atoms with E-state index in [-0.39, 0.29) is 0 Å². The first kappa shape index (κ1) is 51.3. The monoisotopic (exact) mass is 913 g/mol. The average Bonchev–Trinajstić information content (AvgIpc) is 2.84. The Morgan fingerprint density at radius 1 is 0.592 bits per heavy atom. The largest absolute Gasteiger partial charge is 0.463 e. The van der Waals surface area contributed by atoms with Gasteiger partial charge in [0, 0.05) is 21.7 Å². The van der Waals surface area contributed by atoms with Crippen molar-refractivity contribution in [1.29, 1.82) is 0 Å². The van der Waals surface area contributed by atoms with E-state index in [4.69, 9.17) is 0 Å². The summed E-state index contributed by atoms with van der Waals surface area (Å²) in [6.45, 7) is 0. The molecule has 0 atom stereocenters. The lowest BCUT2D eigenvalue weighted by atomic mass is 10.2. The molecule has 0 saturated carbocycles. The average molecular weight is 915 g/mol. The molecule has 49 heavy (non-hydrogen) atoms. The molecule has 292 valence electrons. The highest BCUT2D eigenvalue weighted by atomic mass is 79.9. The number of benzene rings is 1. The zero-order chi connectivity index (χ0) is 40.3. The van der Waals surface area contributed by atoms with Crippen LogP contribution in [0.1, 0.15) is 19.3 Å². The van der Waals surface area contributed by atoms with Gasteiger partial charge in [-0.25, -0.2) is 0 Å². The van der Waals surface area contributed by atoms with Crippen LogP contribution in [0.4, 0.5) is 107 Å². The molecule has 0 aliphatic rings. The number of alkyl halides is 20. The van der Waals surface area contributed by atoms with Crippen molar-refractivity contribution in [2.45, 2.75) is 68.2 Å². The van der Waals surface area contributed by atoms with Gasteiger partial charge in [0.15, 0.2) is 0 Å². The molecule has 30 heteroatoms. The number of rotatable bonds is 8. The Hall–Kier alpha value is -2.08. The lowest BCUT2D eigenvalue weighted by Crippen LogP contribution is -2.52. The first-order chi connectivity index (χ1) is 21.3. The molecule has 0 heterocycles. The smallest absolute Gasteiger partial charge is 0.315 e. The first-order valence-electron chi connectivity index (χ1n) is 10.7. The summed E-state index contributed by atoms with van der Waals surface area (Å²) >= 11 is 6.40. The van der Waals surface area contributed by atoms with Crippen molar-refractivity contribution in [2.24, 2.45) is 0 Å². The highest BCUT2D eigenvalue weighted by molar-refractivity contribution is 9.11. The van der Waals surface area contributed by atoms with Crippen LogP contribution in [0.3, 0.4) is 0 Å². The molecular formula is C19H12Br2F23NO4. The zero-order valence-electron chi connectivity index (χ0n) is 22.4. The lowest BCUT2D eigenvalue weighted by Gasteiger charge is -2.23. The van der Waals surface area contributed by atoms with Crippen molar-refractivity contribution in [3.05, 3.63) is 27.1 Å². The molecule has 0 fully saturated rings. The van der Waals surface area contributed by atoms with Gasteiger partial charge in [-0.2, -0.15) is 87.8 Å². The van der Waals surface area contributed by atoms with Crippen molar-refractivity contribution in [3.63, 3.8) is 0 Å². The van der Waals surface area contributed by atoms with Crippen LogP contribution in [-0.2, 0) is 19.6 Å². The van der Waals surface area contributed by atoms with E-state index in [0.717, 1.165) is 4.90 Å². The number of carbonyl (C=O) groups excluding carboxylic acids is 1. The summed E-state index contributed by atoms with van der Waals surface area (Å²) in [5.74, 6) is -7.54. The zero-order valence-corrected chi connectivity index (χ0v) is 25.6. The fraction of sp³-hybridized carbons (Fsp3) is 0.632. The second-order valence-corrected chi connectivity index (χ2v) is 9.88. The number of hydrogen-bond acceptors (Lipinski definition) is 4. The van der Waals surface area contributed by atoms with E-state index in [9.17, 15) is 106 Å². The van der Waals surface area contributed by atoms with Crippen molar-refractivity contribution in [1.82, 2.24) is 0 Å². The molecule has 0 N–H and O–H groups in total. The van der Waals surface area contributed by atoms with Gasteiger partial charge in [0.05, 0.1) is 0 Å². The Kier molecular flexibility index (Phi) is 19.8. The normalized spacial score (nSPS) is 13.3. The van der Waals surface area contributed by atoms with Crippen LogP contribution in [0, 0.1) is 0 Å². The molecule has 5 nitrogen and oxygen atoms in total. The van der Waals surface area contributed by atoms with Crippen LogP contribution in [0.25, 0.3) is 0 Å². The van der Waals surface area contributed by atoms with Crippen molar-refractivity contribution < 1.29 is 121 Å². The van der Waals surface area contributed by atoms with E-state index < -0.39 is 74.1 Å². The maximum absolute atomic E-state index is 12.1. The van der Waals surface area contributed by atoms with Crippen LogP contribution in [-0.4, -0.2) is 61.9 Å². The minimum Gasteiger partial charge on any atom is -0.315 e. The molecule has 1 amide bonds. The summed E-state index contributed by atoms with van der Waals surface area (Å²) < 4.78 is 259. The second kappa shape index (κ2) is 19.0. The third-order valence-corrected chi connectivity index (χ3v) is 4.73. The van der Waals surface area contributed by atoms with Gasteiger partial charge in [0.1, 0.15) is 19.3 Å². The van der Waals surface area contributed by atoms with E-state index in [1.165, 1.54) is 12.0 Å². The summed E-state index contributed by atoms with van der Waals surface area (Å²) in [7, 11) is 1.31. The molecule has 0 saturated heterocycles. The Balaban J connectivity index is -0.000000593. The molecule has 0 spiro atoms. The Bertz CT molecular complexity index is 1090. The van der Waals surface area contributed by atoms with Gasteiger partial charge in [0.2, 0.25) is 5.91 Å². The third kappa shape index (κ3) is 23.1. The predicted octanol–water partition coefficient (Wildman–Crippen LogP) is 11.7. The molecule has 1 aromatic carbocycles. The topological polar surface area (TPSA) is 48.0 Å². The standard InChI is InChI=1S/C10H8Br2F3NO.C3F8O.2C3H2F6O/c1-16(9(17)5-10(13,14)15)8-3-6(11)2-7(12)4-8;4-1(5,2(6,7)8)3(9,10)12-11;2*4-2(5,6)1-3(7,8)10-9/h2-4H,5H2,1H3;;2*1H2. The molecule has 1 rings (SSSR count). The van der Waals surface area contributed by atoms with Gasteiger partial charge in [0.25, 0.3) is 0 Å². The summed E-state index contributed by atoms with van der Waals surface area (Å²) in [6.07, 6.45) is -43.7. The van der Waals surface area contributed by atoms with E-state index in [1.54, 1.807) is 28.1 Å². The maximum Gasteiger partial charge on any atom is 0.463 e. The van der Waals surface area contributed by atoms with Crippen LogP contribution in [0.2, 0.25) is 0 Å². The highest BCUT2D eigenvalue weighted by Gasteiger charge is 2.75. The van der Waals surface area contributed by atoms with E-state index in [1.807, 2.05) is 0 Å². The fourth-order valence-electron chi connectivity index (χ4n) is 1.90. The molecule has 0 aliphatic heterocycles. The Labute approximate surface area is 272 Å². The molecule has 0 aliphatic carbocycles. The summed E-state index contributed by atoms with van der Waals surface area (Å²) in [5.41, 5.74) is 0.389. The third-order valence-electron chi connectivity index (χ3n) is 3.82. The predicted molar refractivity (Wildman–Crippen MR) is 120 cm³/mol. The van der Waals surface area contributed by atoms with Crippen molar-refractivity contribution in [3.8, 4) is 0 Å².